The van der Waals surface area contributed by atoms with E-state index in [2.05, 4.69) is 5.32 Å². The molecule has 1 N–H and O–H groups in total. The topological polar surface area (TPSA) is 84.9 Å². The van der Waals surface area contributed by atoms with Crippen LogP contribution in [0, 0.1) is 13.8 Å². The fourth-order valence-corrected chi connectivity index (χ4v) is 4.77. The second-order valence-electron chi connectivity index (χ2n) is 8.08. The molecular weight excluding hydrogens is 452 g/mol. The summed E-state index contributed by atoms with van der Waals surface area (Å²) in [7, 11) is -0.371. The number of benzene rings is 3. The number of anilines is 1. The van der Waals surface area contributed by atoms with E-state index in [0.717, 1.165) is 22.3 Å². The SMILES string of the molecule is COc1ccc(CNC(=O)c2ccc(CN(c3c(C)cccc3C)S(C)(=O)=O)cc2)cc1OC. The van der Waals surface area contributed by atoms with Crippen molar-refractivity contribution in [3.05, 3.63) is 88.5 Å². The fourth-order valence-electron chi connectivity index (χ4n) is 3.76. The number of ether oxygens (including phenoxy) is 2. The minimum atomic E-state index is -3.50. The van der Waals surface area contributed by atoms with Crippen LogP contribution in [0.3, 0.4) is 0 Å². The Kier molecular flexibility index (Phi) is 7.83. The van der Waals surface area contributed by atoms with E-state index in [-0.39, 0.29) is 12.5 Å². The maximum Gasteiger partial charge on any atom is 0.251 e. The van der Waals surface area contributed by atoms with Gasteiger partial charge in [0.05, 0.1) is 32.7 Å². The van der Waals surface area contributed by atoms with Crippen LogP contribution in [0.5, 0.6) is 11.5 Å². The van der Waals surface area contributed by atoms with Crippen molar-refractivity contribution in [1.82, 2.24) is 5.32 Å². The second kappa shape index (κ2) is 10.6. The van der Waals surface area contributed by atoms with Gasteiger partial charge in [0.25, 0.3) is 5.91 Å². The molecule has 0 radical (unpaired) electrons. The first-order valence-corrected chi connectivity index (χ1v) is 12.6. The Morgan fingerprint density at radius 1 is 0.882 bits per heavy atom. The summed E-state index contributed by atoms with van der Waals surface area (Å²) >= 11 is 0. The van der Waals surface area contributed by atoms with Gasteiger partial charge in [-0.25, -0.2) is 8.42 Å². The molecule has 8 heteroatoms. The van der Waals surface area contributed by atoms with Crippen LogP contribution in [0.1, 0.15) is 32.6 Å². The molecule has 34 heavy (non-hydrogen) atoms. The molecule has 0 heterocycles. The Balaban J connectivity index is 1.72. The number of carbonyl (C=O) groups excluding carboxylic acids is 1. The Labute approximate surface area is 201 Å². The summed E-state index contributed by atoms with van der Waals surface area (Å²) in [6.45, 7) is 4.30. The van der Waals surface area contributed by atoms with Crippen molar-refractivity contribution in [3.8, 4) is 11.5 Å². The molecule has 0 unspecified atom stereocenters. The Morgan fingerprint density at radius 3 is 2.03 bits per heavy atom. The lowest BCUT2D eigenvalue weighted by Gasteiger charge is -2.26. The quantitative estimate of drug-likeness (QED) is 0.494. The van der Waals surface area contributed by atoms with E-state index >= 15 is 0 Å². The van der Waals surface area contributed by atoms with Crippen LogP contribution in [-0.2, 0) is 23.1 Å². The number of amides is 1. The molecule has 0 atom stereocenters. The molecule has 0 aromatic heterocycles. The normalized spacial score (nSPS) is 11.1. The van der Waals surface area contributed by atoms with Crippen molar-refractivity contribution in [2.45, 2.75) is 26.9 Å². The minimum absolute atomic E-state index is 0.179. The fraction of sp³-hybridized carbons (Fsp3) is 0.269. The van der Waals surface area contributed by atoms with Gasteiger partial charge in [-0.15, -0.1) is 0 Å². The summed E-state index contributed by atoms with van der Waals surface area (Å²) in [5.41, 5.74) is 4.60. The van der Waals surface area contributed by atoms with E-state index in [0.29, 0.717) is 29.3 Å². The molecule has 7 nitrogen and oxygen atoms in total. The van der Waals surface area contributed by atoms with Crippen molar-refractivity contribution in [3.63, 3.8) is 0 Å². The number of hydrogen-bond acceptors (Lipinski definition) is 5. The molecule has 0 spiro atoms. The first-order chi connectivity index (χ1) is 16.1. The van der Waals surface area contributed by atoms with Crippen molar-refractivity contribution in [2.24, 2.45) is 0 Å². The summed E-state index contributed by atoms with van der Waals surface area (Å²) in [5, 5.41) is 2.89. The van der Waals surface area contributed by atoms with Gasteiger partial charge >= 0.3 is 0 Å². The molecule has 0 saturated carbocycles. The monoisotopic (exact) mass is 482 g/mol. The summed E-state index contributed by atoms with van der Waals surface area (Å²) in [5.74, 6) is 0.992. The van der Waals surface area contributed by atoms with Gasteiger partial charge in [-0.05, 0) is 60.4 Å². The van der Waals surface area contributed by atoms with Gasteiger partial charge < -0.3 is 14.8 Å². The first kappa shape index (κ1) is 25.1. The summed E-state index contributed by atoms with van der Waals surface area (Å²) in [4.78, 5) is 12.6. The minimum Gasteiger partial charge on any atom is -0.493 e. The van der Waals surface area contributed by atoms with Gasteiger partial charge in [-0.3, -0.25) is 9.10 Å². The lowest BCUT2D eigenvalue weighted by atomic mass is 10.1. The molecule has 3 aromatic rings. The standard InChI is InChI=1S/C26H30N2O5S/c1-18-7-6-8-19(2)25(18)28(34(5,30)31)17-20-9-12-22(13-10-20)26(29)27-16-21-11-14-23(32-3)24(15-21)33-4/h6-15H,16-17H2,1-5H3,(H,27,29). The van der Waals surface area contributed by atoms with E-state index in [1.54, 1.807) is 44.6 Å². The van der Waals surface area contributed by atoms with Gasteiger partial charge in [-0.1, -0.05) is 36.4 Å². The molecular formula is C26H30N2O5S. The van der Waals surface area contributed by atoms with Gasteiger partial charge in [-0.2, -0.15) is 0 Å². The van der Waals surface area contributed by atoms with Crippen molar-refractivity contribution in [1.29, 1.82) is 0 Å². The molecule has 0 aliphatic rings. The van der Waals surface area contributed by atoms with E-state index in [1.165, 1.54) is 10.6 Å². The Hall–Kier alpha value is -3.52. The number of nitrogens with zero attached hydrogens (tertiary/aromatic N) is 1. The largest absolute Gasteiger partial charge is 0.493 e. The van der Waals surface area contributed by atoms with Gasteiger partial charge in [0.2, 0.25) is 10.0 Å². The average Bonchev–Trinajstić information content (AvgIpc) is 2.81. The van der Waals surface area contributed by atoms with Gasteiger partial charge in [0.15, 0.2) is 11.5 Å². The zero-order valence-electron chi connectivity index (χ0n) is 20.1. The lowest BCUT2D eigenvalue weighted by molar-refractivity contribution is 0.0951. The number of hydrogen-bond donors (Lipinski definition) is 1. The maximum absolute atomic E-state index is 12.6. The van der Waals surface area contributed by atoms with Crippen LogP contribution in [0.4, 0.5) is 5.69 Å². The van der Waals surface area contributed by atoms with Crippen LogP contribution in [0.2, 0.25) is 0 Å². The highest BCUT2D eigenvalue weighted by Gasteiger charge is 2.21. The van der Waals surface area contributed by atoms with E-state index in [4.69, 9.17) is 9.47 Å². The number of nitrogens with one attached hydrogen (secondary N) is 1. The molecule has 0 saturated heterocycles. The molecule has 1 amide bonds. The van der Waals surface area contributed by atoms with Crippen molar-refractivity contribution >= 4 is 21.6 Å². The van der Waals surface area contributed by atoms with Gasteiger partial charge in [0, 0.05) is 12.1 Å². The highest BCUT2D eigenvalue weighted by atomic mass is 32.2. The van der Waals surface area contributed by atoms with Crippen LogP contribution in [-0.4, -0.2) is 34.8 Å². The van der Waals surface area contributed by atoms with E-state index < -0.39 is 10.0 Å². The zero-order valence-corrected chi connectivity index (χ0v) is 20.9. The van der Waals surface area contributed by atoms with Crippen molar-refractivity contribution in [2.75, 3.05) is 24.8 Å². The zero-order chi connectivity index (χ0) is 24.9. The van der Waals surface area contributed by atoms with E-state index in [1.807, 2.05) is 44.2 Å². The second-order valence-corrected chi connectivity index (χ2v) is 9.99. The molecule has 3 rings (SSSR count). The maximum atomic E-state index is 12.6. The Morgan fingerprint density at radius 2 is 1.47 bits per heavy atom. The molecule has 0 aliphatic heterocycles. The molecule has 0 bridgehead atoms. The third-order valence-corrected chi connectivity index (χ3v) is 6.64. The van der Waals surface area contributed by atoms with Crippen LogP contribution < -0.4 is 19.1 Å². The lowest BCUT2D eigenvalue weighted by Crippen LogP contribution is -2.30. The van der Waals surface area contributed by atoms with E-state index in [9.17, 15) is 13.2 Å². The number of carbonyl (C=O) groups is 1. The number of sulfonamides is 1. The number of aryl methyl sites for hydroxylation is 2. The number of rotatable bonds is 9. The van der Waals surface area contributed by atoms with Crippen molar-refractivity contribution < 1.29 is 22.7 Å². The molecule has 0 fully saturated rings. The predicted molar refractivity (Wildman–Crippen MR) is 134 cm³/mol. The van der Waals surface area contributed by atoms with Crippen LogP contribution in [0.15, 0.2) is 60.7 Å². The summed E-state index contributed by atoms with van der Waals surface area (Å²) < 4.78 is 37.1. The predicted octanol–water partition coefficient (Wildman–Crippen LogP) is 4.22. The summed E-state index contributed by atoms with van der Waals surface area (Å²) in [6, 6.07) is 18.1. The summed E-state index contributed by atoms with van der Waals surface area (Å²) in [6.07, 6.45) is 1.20. The molecule has 180 valence electrons. The average molecular weight is 483 g/mol. The molecule has 3 aromatic carbocycles. The highest BCUT2D eigenvalue weighted by molar-refractivity contribution is 7.92. The number of methoxy groups -OCH3 is 2. The number of para-hydroxylation sites is 1. The third kappa shape index (κ3) is 5.88. The van der Waals surface area contributed by atoms with Crippen LogP contribution in [0.25, 0.3) is 0 Å². The smallest absolute Gasteiger partial charge is 0.251 e. The third-order valence-electron chi connectivity index (χ3n) is 5.53. The van der Waals surface area contributed by atoms with Gasteiger partial charge in [0.1, 0.15) is 0 Å². The molecule has 0 aliphatic carbocycles. The highest BCUT2D eigenvalue weighted by Crippen LogP contribution is 2.29. The Bertz CT molecular complexity index is 1250. The first-order valence-electron chi connectivity index (χ1n) is 10.8. The van der Waals surface area contributed by atoms with Crippen LogP contribution >= 0.6 is 0 Å².